The molecule has 0 saturated heterocycles. The maximum atomic E-state index is 11.7. The fourth-order valence-corrected chi connectivity index (χ4v) is 2.74. The number of aromatic nitrogens is 4. The molecule has 0 unspecified atom stereocenters. The predicted octanol–water partition coefficient (Wildman–Crippen LogP) is 2.03. The normalized spacial score (nSPS) is 11.0. The molecule has 2 heterocycles. The third-order valence-electron chi connectivity index (χ3n) is 4.01. The van der Waals surface area contributed by atoms with Crippen molar-refractivity contribution in [1.29, 1.82) is 0 Å². The van der Waals surface area contributed by atoms with Gasteiger partial charge in [-0.15, -0.1) is 5.10 Å². The summed E-state index contributed by atoms with van der Waals surface area (Å²) in [5.74, 6) is -0.223. The maximum Gasteiger partial charge on any atom is 0.223 e. The zero-order valence-electron chi connectivity index (χ0n) is 13.9. The maximum absolute atomic E-state index is 11.7. The summed E-state index contributed by atoms with van der Waals surface area (Å²) in [6, 6.07) is 9.18. The van der Waals surface area contributed by atoms with Gasteiger partial charge in [0.25, 0.3) is 0 Å². The number of rotatable bonds is 5. The Morgan fingerprint density at radius 2 is 1.96 bits per heavy atom. The van der Waals surface area contributed by atoms with Gasteiger partial charge in [0.2, 0.25) is 5.43 Å². The summed E-state index contributed by atoms with van der Waals surface area (Å²) in [6.07, 6.45) is 1.84. The van der Waals surface area contributed by atoms with E-state index in [1.54, 1.807) is 9.25 Å². The van der Waals surface area contributed by atoms with E-state index in [9.17, 15) is 9.90 Å². The van der Waals surface area contributed by atoms with Gasteiger partial charge in [0.15, 0.2) is 5.75 Å². The van der Waals surface area contributed by atoms with Gasteiger partial charge in [-0.05, 0) is 31.2 Å². The van der Waals surface area contributed by atoms with Crippen molar-refractivity contribution in [3.8, 4) is 11.4 Å². The quantitative estimate of drug-likeness (QED) is 0.680. The molecule has 2 N–H and O–H groups in total. The van der Waals surface area contributed by atoms with Crippen molar-refractivity contribution in [1.82, 2.24) is 24.9 Å². The summed E-state index contributed by atoms with van der Waals surface area (Å²) >= 11 is 3.40. The molecule has 2 aromatic heterocycles. The molecule has 130 valence electrons. The Balaban J connectivity index is 1.68. The summed E-state index contributed by atoms with van der Waals surface area (Å²) in [5.41, 5.74) is 2.65. The van der Waals surface area contributed by atoms with E-state index in [1.165, 1.54) is 6.07 Å². The minimum Gasteiger partial charge on any atom is -0.503 e. The van der Waals surface area contributed by atoms with Gasteiger partial charge in [0.1, 0.15) is 0 Å². The molecule has 0 aliphatic carbocycles. The number of aromatic hydroxyl groups is 1. The lowest BCUT2D eigenvalue weighted by molar-refractivity contribution is 0.445. The van der Waals surface area contributed by atoms with E-state index in [2.05, 4.69) is 31.6 Å². The van der Waals surface area contributed by atoms with E-state index in [0.717, 1.165) is 21.5 Å². The van der Waals surface area contributed by atoms with Gasteiger partial charge in [0.05, 0.1) is 23.3 Å². The lowest BCUT2D eigenvalue weighted by Gasteiger charge is -2.13. The molecule has 7 nitrogen and oxygen atoms in total. The Labute approximate surface area is 153 Å². The molecule has 8 heteroatoms. The Morgan fingerprint density at radius 3 is 2.68 bits per heavy atom. The number of benzene rings is 1. The number of nitrogens with one attached hydrogen (secondary N) is 1. The number of hydrogen-bond acceptors (Lipinski definition) is 5. The molecule has 3 aromatic rings. The lowest BCUT2D eigenvalue weighted by atomic mass is 10.2. The lowest BCUT2D eigenvalue weighted by Crippen LogP contribution is -2.20. The fraction of sp³-hybridized carbons (Fsp3) is 0.235. The molecule has 0 atom stereocenters. The molecule has 0 fully saturated rings. The summed E-state index contributed by atoms with van der Waals surface area (Å²) in [7, 11) is 1.81. The van der Waals surface area contributed by atoms with Crippen LogP contribution in [0, 0.1) is 6.92 Å². The van der Waals surface area contributed by atoms with Gasteiger partial charge in [-0.3, -0.25) is 4.79 Å². The van der Waals surface area contributed by atoms with Crippen molar-refractivity contribution in [3.05, 3.63) is 68.3 Å². The van der Waals surface area contributed by atoms with Crippen molar-refractivity contribution in [2.75, 3.05) is 0 Å². The van der Waals surface area contributed by atoms with Gasteiger partial charge in [-0.2, -0.15) is 0 Å². The van der Waals surface area contributed by atoms with Gasteiger partial charge < -0.3 is 15.0 Å². The first-order valence-corrected chi connectivity index (χ1v) is 8.51. The van der Waals surface area contributed by atoms with E-state index >= 15 is 0 Å². The molecule has 0 spiro atoms. The first kappa shape index (κ1) is 17.4. The van der Waals surface area contributed by atoms with Crippen LogP contribution in [0.15, 0.2) is 45.8 Å². The van der Waals surface area contributed by atoms with E-state index < -0.39 is 0 Å². The average molecular weight is 404 g/mol. The molecular weight excluding hydrogens is 386 g/mol. The van der Waals surface area contributed by atoms with Crippen LogP contribution < -0.4 is 10.7 Å². The van der Waals surface area contributed by atoms with Gasteiger partial charge >= 0.3 is 0 Å². The van der Waals surface area contributed by atoms with Crippen LogP contribution in [-0.4, -0.2) is 24.7 Å². The number of nitrogens with zero attached hydrogens (tertiary/aromatic N) is 4. The number of hydrogen-bond donors (Lipinski definition) is 2. The molecule has 0 bridgehead atoms. The van der Waals surface area contributed by atoms with E-state index in [0.29, 0.717) is 18.8 Å². The Bertz CT molecular complexity index is 947. The Hall–Kier alpha value is -2.45. The monoisotopic (exact) mass is 403 g/mol. The van der Waals surface area contributed by atoms with Crippen LogP contribution in [0.2, 0.25) is 0 Å². The third kappa shape index (κ3) is 3.80. The summed E-state index contributed by atoms with van der Waals surface area (Å²) in [5, 5.41) is 21.4. The summed E-state index contributed by atoms with van der Waals surface area (Å²) < 4.78 is 4.49. The topological polar surface area (TPSA) is 85.0 Å². The average Bonchev–Trinajstić information content (AvgIpc) is 3.06. The minimum absolute atomic E-state index is 0.223. The second-order valence-corrected chi connectivity index (χ2v) is 6.65. The third-order valence-corrected chi connectivity index (χ3v) is 4.54. The van der Waals surface area contributed by atoms with E-state index in [-0.39, 0.29) is 11.2 Å². The molecule has 25 heavy (non-hydrogen) atoms. The Kier molecular flexibility index (Phi) is 5.00. The van der Waals surface area contributed by atoms with Crippen LogP contribution in [0.5, 0.6) is 5.75 Å². The molecule has 0 aliphatic rings. The van der Waals surface area contributed by atoms with Crippen LogP contribution >= 0.6 is 15.9 Å². The number of halogens is 1. The zero-order chi connectivity index (χ0) is 18.0. The van der Waals surface area contributed by atoms with Crippen molar-refractivity contribution < 1.29 is 5.11 Å². The second kappa shape index (κ2) is 7.20. The molecule has 0 aliphatic heterocycles. The molecular formula is C17H18BrN5O2. The SMILES string of the molecule is Cc1cc(=O)c(O)c(CNCc2cn(-c3ccc(Br)cc3)nn2)n1C. The molecule has 1 aromatic carbocycles. The van der Waals surface area contributed by atoms with Crippen molar-refractivity contribution in [2.24, 2.45) is 7.05 Å². The van der Waals surface area contributed by atoms with Gasteiger partial charge in [-0.25, -0.2) is 4.68 Å². The van der Waals surface area contributed by atoms with Gasteiger partial charge in [-0.1, -0.05) is 21.1 Å². The second-order valence-electron chi connectivity index (χ2n) is 5.74. The van der Waals surface area contributed by atoms with Crippen molar-refractivity contribution >= 4 is 15.9 Å². The van der Waals surface area contributed by atoms with Crippen LogP contribution in [0.3, 0.4) is 0 Å². The fourth-order valence-electron chi connectivity index (χ4n) is 2.48. The Morgan fingerprint density at radius 1 is 1.24 bits per heavy atom. The smallest absolute Gasteiger partial charge is 0.223 e. The number of aryl methyl sites for hydroxylation is 1. The van der Waals surface area contributed by atoms with E-state index in [4.69, 9.17) is 0 Å². The van der Waals surface area contributed by atoms with E-state index in [1.807, 2.05) is 44.4 Å². The highest BCUT2D eigenvalue weighted by molar-refractivity contribution is 9.10. The van der Waals surface area contributed by atoms with Gasteiger partial charge in [0, 0.05) is 36.4 Å². The highest BCUT2D eigenvalue weighted by Crippen LogP contribution is 2.14. The molecule has 0 amide bonds. The highest BCUT2D eigenvalue weighted by Gasteiger charge is 2.11. The zero-order valence-corrected chi connectivity index (χ0v) is 15.5. The van der Waals surface area contributed by atoms with Crippen molar-refractivity contribution in [3.63, 3.8) is 0 Å². The predicted molar refractivity (Wildman–Crippen MR) is 97.7 cm³/mol. The largest absolute Gasteiger partial charge is 0.503 e. The van der Waals surface area contributed by atoms with Crippen LogP contribution in [0.25, 0.3) is 5.69 Å². The highest BCUT2D eigenvalue weighted by atomic mass is 79.9. The molecule has 0 saturated carbocycles. The van der Waals surface area contributed by atoms with Crippen molar-refractivity contribution in [2.45, 2.75) is 20.0 Å². The summed E-state index contributed by atoms with van der Waals surface area (Å²) in [6.45, 7) is 2.65. The van der Waals surface area contributed by atoms with Crippen LogP contribution in [-0.2, 0) is 20.1 Å². The molecule has 0 radical (unpaired) electrons. The first-order valence-electron chi connectivity index (χ1n) is 7.72. The van der Waals surface area contributed by atoms with Crippen LogP contribution in [0.4, 0.5) is 0 Å². The summed E-state index contributed by atoms with van der Waals surface area (Å²) in [4.78, 5) is 11.7. The number of pyridine rings is 1. The standard InChI is InChI=1S/C17H18BrN5O2/c1-11-7-16(24)17(25)15(22(11)2)9-19-8-13-10-23(21-20-13)14-5-3-12(18)4-6-14/h3-7,10,19,25H,8-9H2,1-2H3. The first-order chi connectivity index (χ1) is 12.0. The minimum atomic E-state index is -0.367. The van der Waals surface area contributed by atoms with Crippen LogP contribution in [0.1, 0.15) is 17.1 Å². The molecule has 3 rings (SSSR count).